The van der Waals surface area contributed by atoms with Crippen LogP contribution in [0.1, 0.15) is 22.8 Å². The van der Waals surface area contributed by atoms with Gasteiger partial charge in [0.15, 0.2) is 0 Å². The van der Waals surface area contributed by atoms with E-state index in [0.717, 1.165) is 12.5 Å². The molecule has 1 heterocycles. The monoisotopic (exact) mass is 295 g/mol. The fourth-order valence-corrected chi connectivity index (χ4v) is 2.34. The minimum absolute atomic E-state index is 0.0518. The van der Waals surface area contributed by atoms with Crippen LogP contribution in [0.2, 0.25) is 0 Å². The van der Waals surface area contributed by atoms with Gasteiger partial charge in [-0.3, -0.25) is 9.59 Å². The van der Waals surface area contributed by atoms with Gasteiger partial charge in [0.1, 0.15) is 5.75 Å². The number of hydrogen-bond acceptors (Lipinski definition) is 4. The van der Waals surface area contributed by atoms with Crippen molar-refractivity contribution in [2.24, 2.45) is 0 Å². The van der Waals surface area contributed by atoms with Crippen molar-refractivity contribution in [3.05, 3.63) is 59.7 Å². The number of hydrogen-bond donors (Lipinski definition) is 0. The number of amides is 1. The highest BCUT2D eigenvalue weighted by Crippen LogP contribution is 2.29. The van der Waals surface area contributed by atoms with E-state index in [9.17, 15) is 14.4 Å². The largest absolute Gasteiger partial charge is 0.421 e. The van der Waals surface area contributed by atoms with E-state index in [0.29, 0.717) is 17.8 Å². The summed E-state index contributed by atoms with van der Waals surface area (Å²) in [6, 6.07) is 14.0. The van der Waals surface area contributed by atoms with Crippen LogP contribution in [-0.4, -0.2) is 17.7 Å². The lowest BCUT2D eigenvalue weighted by Gasteiger charge is -2.16. The van der Waals surface area contributed by atoms with Crippen molar-refractivity contribution in [2.45, 2.75) is 13.5 Å². The molecule has 0 saturated carbocycles. The number of ether oxygens (including phenoxy) is 1. The predicted octanol–water partition coefficient (Wildman–Crippen LogP) is 2.34. The second kappa shape index (κ2) is 5.44. The van der Waals surface area contributed by atoms with E-state index in [4.69, 9.17) is 4.74 Å². The van der Waals surface area contributed by atoms with Gasteiger partial charge in [0.2, 0.25) is 5.78 Å². The maximum Gasteiger partial charge on any atom is 0.379 e. The zero-order valence-electron chi connectivity index (χ0n) is 11.9. The third-order valence-electron chi connectivity index (χ3n) is 3.47. The smallest absolute Gasteiger partial charge is 0.379 e. The van der Waals surface area contributed by atoms with Crippen LogP contribution in [0, 0.1) is 0 Å². The number of anilines is 1. The van der Waals surface area contributed by atoms with Crippen LogP contribution in [0.25, 0.3) is 0 Å². The maximum atomic E-state index is 12.3. The summed E-state index contributed by atoms with van der Waals surface area (Å²) < 4.78 is 4.89. The molecule has 0 aromatic heterocycles. The highest BCUT2D eigenvalue weighted by molar-refractivity contribution is 6.33. The number of carbonyl (C=O) groups excluding carboxylic acids is 3. The lowest BCUT2D eigenvalue weighted by Crippen LogP contribution is -2.23. The first-order chi connectivity index (χ1) is 10.6. The average Bonchev–Trinajstić information content (AvgIpc) is 2.85. The molecular weight excluding hydrogens is 282 g/mol. The number of rotatable bonds is 3. The third-order valence-corrected chi connectivity index (χ3v) is 3.47. The van der Waals surface area contributed by atoms with Crippen molar-refractivity contribution < 1.29 is 19.1 Å². The predicted molar refractivity (Wildman–Crippen MR) is 79.7 cm³/mol. The highest BCUT2D eigenvalue weighted by atomic mass is 16.5. The summed E-state index contributed by atoms with van der Waals surface area (Å²) in [4.78, 5) is 36.1. The summed E-state index contributed by atoms with van der Waals surface area (Å²) in [5.74, 6) is -1.34. The molecule has 5 heteroatoms. The average molecular weight is 295 g/mol. The Labute approximate surface area is 127 Å². The number of Topliss-reactive ketones (excluding diaryl/α,β-unsaturated/α-hetero) is 1. The van der Waals surface area contributed by atoms with E-state index in [1.807, 2.05) is 18.2 Å². The second-order valence-electron chi connectivity index (χ2n) is 4.99. The SMILES string of the molecule is CC(=O)C(=O)Oc1ccc(N2Cc3ccccc3C2=O)cc1. The Kier molecular flexibility index (Phi) is 3.47. The molecule has 22 heavy (non-hydrogen) atoms. The Hall–Kier alpha value is -2.95. The molecule has 2 aromatic rings. The van der Waals surface area contributed by atoms with Crippen molar-refractivity contribution in [1.29, 1.82) is 0 Å². The first-order valence-electron chi connectivity index (χ1n) is 6.79. The molecule has 5 nitrogen and oxygen atoms in total. The molecule has 0 aliphatic carbocycles. The fourth-order valence-electron chi connectivity index (χ4n) is 2.34. The van der Waals surface area contributed by atoms with Gasteiger partial charge in [-0.1, -0.05) is 18.2 Å². The van der Waals surface area contributed by atoms with E-state index in [2.05, 4.69) is 0 Å². The van der Waals surface area contributed by atoms with Gasteiger partial charge >= 0.3 is 5.97 Å². The van der Waals surface area contributed by atoms with Gasteiger partial charge in [-0.05, 0) is 35.9 Å². The summed E-state index contributed by atoms with van der Waals surface area (Å²) in [7, 11) is 0. The molecule has 1 amide bonds. The Bertz CT molecular complexity index is 764. The summed E-state index contributed by atoms with van der Waals surface area (Å²) in [6.45, 7) is 1.67. The van der Waals surface area contributed by atoms with Crippen LogP contribution in [0.5, 0.6) is 5.75 Å². The van der Waals surface area contributed by atoms with E-state index >= 15 is 0 Å². The minimum Gasteiger partial charge on any atom is -0.421 e. The Morgan fingerprint density at radius 1 is 1.05 bits per heavy atom. The van der Waals surface area contributed by atoms with Gasteiger partial charge in [0, 0.05) is 18.2 Å². The van der Waals surface area contributed by atoms with Crippen molar-refractivity contribution >= 4 is 23.3 Å². The second-order valence-corrected chi connectivity index (χ2v) is 4.99. The molecular formula is C17H13NO4. The summed E-state index contributed by atoms with van der Waals surface area (Å²) >= 11 is 0. The van der Waals surface area contributed by atoms with E-state index < -0.39 is 11.8 Å². The summed E-state index contributed by atoms with van der Waals surface area (Å²) in [5, 5.41) is 0. The van der Waals surface area contributed by atoms with Gasteiger partial charge in [0.05, 0.1) is 6.54 Å². The van der Waals surface area contributed by atoms with E-state index in [-0.39, 0.29) is 11.7 Å². The molecule has 0 saturated heterocycles. The lowest BCUT2D eigenvalue weighted by molar-refractivity contribution is -0.146. The van der Waals surface area contributed by atoms with Gasteiger partial charge in [-0.2, -0.15) is 0 Å². The summed E-state index contributed by atoms with van der Waals surface area (Å²) in [5.41, 5.74) is 2.40. The fraction of sp³-hybridized carbons (Fsp3) is 0.118. The van der Waals surface area contributed by atoms with Crippen molar-refractivity contribution in [2.75, 3.05) is 4.90 Å². The molecule has 0 unspecified atom stereocenters. The van der Waals surface area contributed by atoms with Gasteiger partial charge in [0.25, 0.3) is 5.91 Å². The van der Waals surface area contributed by atoms with E-state index in [1.165, 1.54) is 0 Å². The molecule has 3 rings (SSSR count). The number of esters is 1. The minimum atomic E-state index is -0.905. The third kappa shape index (κ3) is 2.48. The molecule has 1 aliphatic rings. The van der Waals surface area contributed by atoms with Crippen LogP contribution < -0.4 is 9.64 Å². The van der Waals surface area contributed by atoms with Crippen LogP contribution in [0.3, 0.4) is 0 Å². The normalized spacial score (nSPS) is 13.0. The zero-order valence-corrected chi connectivity index (χ0v) is 11.9. The van der Waals surface area contributed by atoms with Crippen molar-refractivity contribution in [3.8, 4) is 5.75 Å². The molecule has 0 bridgehead atoms. The number of fused-ring (bicyclic) bond motifs is 1. The number of nitrogens with zero attached hydrogens (tertiary/aromatic N) is 1. The standard InChI is InChI=1S/C17H13NO4/c1-11(19)17(21)22-14-8-6-13(7-9-14)18-10-12-4-2-3-5-15(12)16(18)20/h2-9H,10H2,1H3. The molecule has 0 spiro atoms. The van der Waals surface area contributed by atoms with Crippen LogP contribution >= 0.6 is 0 Å². The Morgan fingerprint density at radius 2 is 1.73 bits per heavy atom. The van der Waals surface area contributed by atoms with Crippen LogP contribution in [-0.2, 0) is 16.1 Å². The number of benzene rings is 2. The van der Waals surface area contributed by atoms with Gasteiger partial charge in [-0.25, -0.2) is 4.79 Å². The molecule has 2 aromatic carbocycles. The topological polar surface area (TPSA) is 63.7 Å². The first kappa shape index (κ1) is 14.0. The zero-order chi connectivity index (χ0) is 15.7. The first-order valence-corrected chi connectivity index (χ1v) is 6.79. The Morgan fingerprint density at radius 3 is 2.36 bits per heavy atom. The molecule has 110 valence electrons. The Balaban J connectivity index is 1.79. The lowest BCUT2D eigenvalue weighted by atomic mass is 10.1. The molecule has 0 radical (unpaired) electrons. The molecule has 1 aliphatic heterocycles. The molecule has 0 fully saturated rings. The van der Waals surface area contributed by atoms with Gasteiger partial charge < -0.3 is 9.64 Å². The van der Waals surface area contributed by atoms with Crippen LogP contribution in [0.4, 0.5) is 5.69 Å². The van der Waals surface area contributed by atoms with E-state index in [1.54, 1.807) is 35.2 Å². The number of carbonyl (C=O) groups is 3. The molecule has 0 atom stereocenters. The number of ketones is 1. The molecule has 0 N–H and O–H groups in total. The maximum absolute atomic E-state index is 12.3. The summed E-state index contributed by atoms with van der Waals surface area (Å²) in [6.07, 6.45) is 0. The van der Waals surface area contributed by atoms with Crippen molar-refractivity contribution in [1.82, 2.24) is 0 Å². The van der Waals surface area contributed by atoms with Crippen molar-refractivity contribution in [3.63, 3.8) is 0 Å². The van der Waals surface area contributed by atoms with Crippen LogP contribution in [0.15, 0.2) is 48.5 Å². The van der Waals surface area contributed by atoms with Gasteiger partial charge in [-0.15, -0.1) is 0 Å². The highest BCUT2D eigenvalue weighted by Gasteiger charge is 2.27. The quantitative estimate of drug-likeness (QED) is 0.495.